The first-order valence-electron chi connectivity index (χ1n) is 7.31. The van der Waals surface area contributed by atoms with Crippen LogP contribution in [0.5, 0.6) is 0 Å². The van der Waals surface area contributed by atoms with Gasteiger partial charge in [-0.1, -0.05) is 24.3 Å². The normalized spacial score (nSPS) is 22.6. The topological polar surface area (TPSA) is 12.0 Å². The van der Waals surface area contributed by atoms with Gasteiger partial charge in [0, 0.05) is 12.5 Å². The van der Waals surface area contributed by atoms with Gasteiger partial charge in [-0.2, -0.15) is 13.2 Å². The third kappa shape index (κ3) is 4.51. The van der Waals surface area contributed by atoms with E-state index in [1.54, 1.807) is 0 Å². The molecule has 1 nitrogen and oxygen atoms in total. The highest BCUT2D eigenvalue weighted by molar-refractivity contribution is 5.31. The number of hydrogen-bond acceptors (Lipinski definition) is 1. The number of nitrogens with one attached hydrogen (secondary N) is 1. The van der Waals surface area contributed by atoms with Crippen molar-refractivity contribution >= 4 is 0 Å². The van der Waals surface area contributed by atoms with Gasteiger partial charge in [-0.15, -0.1) is 0 Å². The number of halogens is 3. The van der Waals surface area contributed by atoms with Crippen LogP contribution in [0.2, 0.25) is 0 Å². The SMILES string of the molecule is Cc1ccccc1C1CC(NCCCCC(F)(F)F)C1. The maximum absolute atomic E-state index is 12.0. The summed E-state index contributed by atoms with van der Waals surface area (Å²) in [6.07, 6.45) is -1.64. The van der Waals surface area contributed by atoms with Gasteiger partial charge in [-0.3, -0.25) is 0 Å². The molecule has 1 aromatic carbocycles. The van der Waals surface area contributed by atoms with Crippen molar-refractivity contribution in [3.63, 3.8) is 0 Å². The zero-order chi connectivity index (χ0) is 14.6. The van der Waals surface area contributed by atoms with Crippen LogP contribution in [0.4, 0.5) is 13.2 Å². The molecule has 1 aromatic rings. The molecule has 1 aliphatic carbocycles. The Morgan fingerprint density at radius 3 is 2.50 bits per heavy atom. The highest BCUT2D eigenvalue weighted by Gasteiger charge is 2.30. The van der Waals surface area contributed by atoms with E-state index in [2.05, 4.69) is 30.4 Å². The molecule has 0 aliphatic heterocycles. The number of alkyl halides is 3. The lowest BCUT2D eigenvalue weighted by Crippen LogP contribution is -2.40. The van der Waals surface area contributed by atoms with Gasteiger partial charge in [0.15, 0.2) is 0 Å². The summed E-state index contributed by atoms with van der Waals surface area (Å²) in [7, 11) is 0. The predicted molar refractivity (Wildman–Crippen MR) is 74.9 cm³/mol. The average molecular weight is 285 g/mol. The van der Waals surface area contributed by atoms with Gasteiger partial charge in [0.05, 0.1) is 0 Å². The van der Waals surface area contributed by atoms with Gasteiger partial charge in [0.2, 0.25) is 0 Å². The summed E-state index contributed by atoms with van der Waals surface area (Å²) >= 11 is 0. The summed E-state index contributed by atoms with van der Waals surface area (Å²) in [6, 6.07) is 8.91. The van der Waals surface area contributed by atoms with E-state index in [1.165, 1.54) is 11.1 Å². The Kier molecular flexibility index (Phi) is 5.08. The van der Waals surface area contributed by atoms with E-state index < -0.39 is 12.6 Å². The molecule has 0 atom stereocenters. The molecule has 1 saturated carbocycles. The van der Waals surface area contributed by atoms with E-state index in [0.29, 0.717) is 24.9 Å². The molecule has 1 N–H and O–H groups in total. The molecule has 20 heavy (non-hydrogen) atoms. The lowest BCUT2D eigenvalue weighted by Gasteiger charge is -2.37. The van der Waals surface area contributed by atoms with Crippen molar-refractivity contribution in [3.8, 4) is 0 Å². The minimum Gasteiger partial charge on any atom is -0.314 e. The number of benzene rings is 1. The number of rotatable bonds is 6. The molecular weight excluding hydrogens is 263 g/mol. The van der Waals surface area contributed by atoms with Crippen molar-refractivity contribution in [3.05, 3.63) is 35.4 Å². The molecule has 0 bridgehead atoms. The van der Waals surface area contributed by atoms with Crippen LogP contribution in [-0.2, 0) is 0 Å². The zero-order valence-electron chi connectivity index (χ0n) is 11.8. The second-order valence-corrected chi connectivity index (χ2v) is 5.75. The molecule has 0 radical (unpaired) electrons. The van der Waals surface area contributed by atoms with Gasteiger partial charge in [-0.05, 0) is 56.2 Å². The van der Waals surface area contributed by atoms with Crippen molar-refractivity contribution in [2.24, 2.45) is 0 Å². The third-order valence-corrected chi connectivity index (χ3v) is 4.09. The molecule has 1 fully saturated rings. The summed E-state index contributed by atoms with van der Waals surface area (Å²) < 4.78 is 35.9. The largest absolute Gasteiger partial charge is 0.389 e. The molecule has 0 aromatic heterocycles. The van der Waals surface area contributed by atoms with Crippen LogP contribution in [0.3, 0.4) is 0 Å². The smallest absolute Gasteiger partial charge is 0.314 e. The Morgan fingerprint density at radius 1 is 1.15 bits per heavy atom. The van der Waals surface area contributed by atoms with Crippen LogP contribution < -0.4 is 5.32 Å². The van der Waals surface area contributed by atoms with Crippen LogP contribution in [0.25, 0.3) is 0 Å². The second-order valence-electron chi connectivity index (χ2n) is 5.75. The van der Waals surface area contributed by atoms with Gasteiger partial charge < -0.3 is 5.32 Å². The number of hydrogen-bond donors (Lipinski definition) is 1. The molecular formula is C16H22F3N. The fraction of sp³-hybridized carbons (Fsp3) is 0.625. The second kappa shape index (κ2) is 6.61. The molecule has 0 spiro atoms. The summed E-state index contributed by atoms with van der Waals surface area (Å²) in [5, 5.41) is 3.36. The molecule has 0 heterocycles. The van der Waals surface area contributed by atoms with Crippen LogP contribution in [-0.4, -0.2) is 18.8 Å². The van der Waals surface area contributed by atoms with Gasteiger partial charge in [0.25, 0.3) is 0 Å². The average Bonchev–Trinajstić information content (AvgIpc) is 2.31. The van der Waals surface area contributed by atoms with Crippen molar-refractivity contribution in [2.45, 2.75) is 57.2 Å². The molecule has 4 heteroatoms. The van der Waals surface area contributed by atoms with Crippen molar-refractivity contribution in [2.75, 3.05) is 6.54 Å². The molecule has 1 aliphatic rings. The van der Waals surface area contributed by atoms with E-state index in [1.807, 2.05) is 6.07 Å². The Morgan fingerprint density at radius 2 is 1.85 bits per heavy atom. The summed E-state index contributed by atoms with van der Waals surface area (Å²) in [6.45, 7) is 2.83. The maximum Gasteiger partial charge on any atom is 0.389 e. The standard InChI is InChI=1S/C16H22F3N/c1-12-6-2-3-7-15(12)13-10-14(11-13)20-9-5-4-8-16(17,18)19/h2-3,6-7,13-14,20H,4-5,8-11H2,1H3. The highest BCUT2D eigenvalue weighted by atomic mass is 19.4. The molecule has 0 unspecified atom stereocenters. The highest BCUT2D eigenvalue weighted by Crippen LogP contribution is 2.38. The lowest BCUT2D eigenvalue weighted by atomic mass is 9.74. The van der Waals surface area contributed by atoms with Crippen molar-refractivity contribution in [1.82, 2.24) is 5.32 Å². The monoisotopic (exact) mass is 285 g/mol. The van der Waals surface area contributed by atoms with E-state index in [-0.39, 0.29) is 6.42 Å². The summed E-state index contributed by atoms with van der Waals surface area (Å²) in [4.78, 5) is 0. The predicted octanol–water partition coefficient (Wildman–Crippen LogP) is 4.56. The Bertz CT molecular complexity index is 422. The quantitative estimate of drug-likeness (QED) is 0.755. The Balaban J connectivity index is 1.60. The van der Waals surface area contributed by atoms with Crippen LogP contribution in [0, 0.1) is 6.92 Å². The fourth-order valence-corrected chi connectivity index (χ4v) is 2.84. The van der Waals surface area contributed by atoms with Gasteiger partial charge in [0.1, 0.15) is 0 Å². The van der Waals surface area contributed by atoms with Crippen molar-refractivity contribution < 1.29 is 13.2 Å². The molecule has 0 amide bonds. The van der Waals surface area contributed by atoms with E-state index in [0.717, 1.165) is 12.8 Å². The van der Waals surface area contributed by atoms with E-state index in [4.69, 9.17) is 0 Å². The van der Waals surface area contributed by atoms with E-state index >= 15 is 0 Å². The van der Waals surface area contributed by atoms with E-state index in [9.17, 15) is 13.2 Å². The maximum atomic E-state index is 12.0. The van der Waals surface area contributed by atoms with Gasteiger partial charge in [-0.25, -0.2) is 0 Å². The zero-order valence-corrected chi connectivity index (χ0v) is 11.8. The minimum atomic E-state index is -4.01. The Labute approximate surface area is 118 Å². The van der Waals surface area contributed by atoms with Crippen LogP contribution in [0.15, 0.2) is 24.3 Å². The number of aryl methyl sites for hydroxylation is 1. The third-order valence-electron chi connectivity index (χ3n) is 4.09. The van der Waals surface area contributed by atoms with Crippen molar-refractivity contribution in [1.29, 1.82) is 0 Å². The molecule has 112 valence electrons. The molecule has 2 rings (SSSR count). The summed E-state index contributed by atoms with van der Waals surface area (Å²) in [5.41, 5.74) is 2.75. The van der Waals surface area contributed by atoms with Crippen LogP contribution >= 0.6 is 0 Å². The summed E-state index contributed by atoms with van der Waals surface area (Å²) in [5.74, 6) is 0.615. The first-order valence-corrected chi connectivity index (χ1v) is 7.31. The minimum absolute atomic E-state index is 0.227. The van der Waals surface area contributed by atoms with Gasteiger partial charge >= 0.3 is 6.18 Å². The fourth-order valence-electron chi connectivity index (χ4n) is 2.84. The molecule has 0 saturated heterocycles. The first-order chi connectivity index (χ1) is 9.46. The van der Waals surface area contributed by atoms with Crippen LogP contribution in [0.1, 0.15) is 49.1 Å². The number of unbranched alkanes of at least 4 members (excludes halogenated alkanes) is 1. The first kappa shape index (κ1) is 15.4. The lowest BCUT2D eigenvalue weighted by molar-refractivity contribution is -0.135. The Hall–Kier alpha value is -1.03.